The van der Waals surface area contributed by atoms with Crippen LogP contribution in [0.1, 0.15) is 25.8 Å². The first kappa shape index (κ1) is 14.8. The largest absolute Gasteiger partial charge is 0.416 e. The van der Waals surface area contributed by atoms with Crippen molar-refractivity contribution >= 4 is 5.82 Å². The maximum atomic E-state index is 12.5. The van der Waals surface area contributed by atoms with E-state index in [0.717, 1.165) is 24.8 Å². The highest BCUT2D eigenvalue weighted by atomic mass is 19.4. The molecule has 0 amide bonds. The Bertz CT molecular complexity index is 388. The predicted octanol–water partition coefficient (Wildman–Crippen LogP) is 2.89. The summed E-state index contributed by atoms with van der Waals surface area (Å²) < 4.78 is 37.5. The van der Waals surface area contributed by atoms with Crippen LogP contribution in [0.4, 0.5) is 19.0 Å². The van der Waals surface area contributed by atoms with Crippen LogP contribution in [0.3, 0.4) is 0 Å². The highest BCUT2D eigenvalue weighted by molar-refractivity contribution is 5.38. The molecule has 0 aliphatic carbocycles. The smallest absolute Gasteiger partial charge is 0.370 e. The van der Waals surface area contributed by atoms with Crippen LogP contribution < -0.4 is 11.1 Å². The summed E-state index contributed by atoms with van der Waals surface area (Å²) in [5.74, 6) is 0.231. The Morgan fingerprint density at radius 2 is 2.00 bits per heavy atom. The van der Waals surface area contributed by atoms with E-state index in [0.29, 0.717) is 13.1 Å². The first-order valence-electron chi connectivity index (χ1n) is 5.72. The highest BCUT2D eigenvalue weighted by Crippen LogP contribution is 2.30. The zero-order chi connectivity index (χ0) is 13.8. The molecule has 102 valence electrons. The van der Waals surface area contributed by atoms with E-state index in [4.69, 9.17) is 5.73 Å². The molecular formula is C12H18F3N3. The summed E-state index contributed by atoms with van der Waals surface area (Å²) in [6, 6.07) is 1.97. The first-order valence-corrected chi connectivity index (χ1v) is 5.72. The highest BCUT2D eigenvalue weighted by Gasteiger charge is 2.30. The third kappa shape index (κ3) is 4.52. The van der Waals surface area contributed by atoms with Crippen LogP contribution in [0.25, 0.3) is 0 Å². The molecular weight excluding hydrogens is 243 g/mol. The van der Waals surface area contributed by atoms with E-state index in [-0.39, 0.29) is 11.2 Å². The molecule has 6 heteroatoms. The van der Waals surface area contributed by atoms with Gasteiger partial charge < -0.3 is 11.1 Å². The van der Waals surface area contributed by atoms with Crippen LogP contribution in [0, 0.1) is 5.41 Å². The molecule has 0 unspecified atom stereocenters. The number of nitrogens with one attached hydrogen (secondary N) is 1. The van der Waals surface area contributed by atoms with E-state index in [1.54, 1.807) is 0 Å². The Morgan fingerprint density at radius 1 is 1.33 bits per heavy atom. The third-order valence-electron chi connectivity index (χ3n) is 2.66. The van der Waals surface area contributed by atoms with E-state index < -0.39 is 11.7 Å². The lowest BCUT2D eigenvalue weighted by Crippen LogP contribution is -2.26. The number of anilines is 1. The Hall–Kier alpha value is -1.30. The standard InChI is InChI=1S/C12H18F3N3/c1-11(2,4-5-16)8-18-10-7-9(3-6-17-10)12(13,14)15/h3,6-7H,4-5,8,16H2,1-2H3,(H,17,18). The van der Waals surface area contributed by atoms with Crippen molar-refractivity contribution in [3.8, 4) is 0 Å². The molecule has 1 aromatic rings. The second kappa shape index (κ2) is 5.56. The molecule has 0 atom stereocenters. The van der Waals surface area contributed by atoms with Gasteiger partial charge in [-0.3, -0.25) is 0 Å². The van der Waals surface area contributed by atoms with E-state index in [9.17, 15) is 13.2 Å². The number of nitrogens with two attached hydrogens (primary N) is 1. The van der Waals surface area contributed by atoms with Crippen LogP contribution >= 0.6 is 0 Å². The fraction of sp³-hybridized carbons (Fsp3) is 0.583. The lowest BCUT2D eigenvalue weighted by Gasteiger charge is -2.24. The van der Waals surface area contributed by atoms with Crippen molar-refractivity contribution in [2.45, 2.75) is 26.4 Å². The lowest BCUT2D eigenvalue weighted by molar-refractivity contribution is -0.137. The number of aromatic nitrogens is 1. The van der Waals surface area contributed by atoms with E-state index in [2.05, 4.69) is 10.3 Å². The van der Waals surface area contributed by atoms with Gasteiger partial charge in [0.25, 0.3) is 0 Å². The van der Waals surface area contributed by atoms with Crippen molar-refractivity contribution in [2.75, 3.05) is 18.4 Å². The SMILES string of the molecule is CC(C)(CCN)CNc1cc(C(F)(F)F)ccn1. The number of pyridine rings is 1. The minimum absolute atomic E-state index is 0.0787. The van der Waals surface area contributed by atoms with Gasteiger partial charge in [-0.2, -0.15) is 13.2 Å². The van der Waals surface area contributed by atoms with Crippen molar-refractivity contribution in [1.29, 1.82) is 0 Å². The van der Waals surface area contributed by atoms with Crippen LogP contribution in [-0.4, -0.2) is 18.1 Å². The van der Waals surface area contributed by atoms with Crippen molar-refractivity contribution in [2.24, 2.45) is 11.1 Å². The third-order valence-corrected chi connectivity index (χ3v) is 2.66. The molecule has 1 heterocycles. The number of alkyl halides is 3. The van der Waals surface area contributed by atoms with E-state index in [1.807, 2.05) is 13.8 Å². The molecule has 0 aliphatic rings. The van der Waals surface area contributed by atoms with Crippen molar-refractivity contribution < 1.29 is 13.2 Å². The number of halogens is 3. The van der Waals surface area contributed by atoms with Gasteiger partial charge in [-0.1, -0.05) is 13.8 Å². The Kier molecular flexibility index (Phi) is 4.56. The van der Waals surface area contributed by atoms with E-state index in [1.165, 1.54) is 0 Å². The van der Waals surface area contributed by atoms with Crippen LogP contribution in [0.2, 0.25) is 0 Å². The van der Waals surface area contributed by atoms with Crippen LogP contribution in [0.15, 0.2) is 18.3 Å². The zero-order valence-corrected chi connectivity index (χ0v) is 10.5. The molecule has 0 fully saturated rings. The summed E-state index contributed by atoms with van der Waals surface area (Å²) in [5.41, 5.74) is 4.70. The average Bonchev–Trinajstić information content (AvgIpc) is 2.26. The quantitative estimate of drug-likeness (QED) is 0.857. The van der Waals surface area contributed by atoms with Crippen molar-refractivity contribution in [3.05, 3.63) is 23.9 Å². The van der Waals surface area contributed by atoms with Crippen molar-refractivity contribution in [3.63, 3.8) is 0 Å². The molecule has 0 spiro atoms. The lowest BCUT2D eigenvalue weighted by atomic mass is 9.89. The number of hydrogen-bond acceptors (Lipinski definition) is 3. The summed E-state index contributed by atoms with van der Waals surface area (Å²) in [6.45, 7) is 5.07. The molecule has 1 rings (SSSR count). The van der Waals surface area contributed by atoms with Gasteiger partial charge in [0.2, 0.25) is 0 Å². The number of hydrogen-bond donors (Lipinski definition) is 2. The second-order valence-electron chi connectivity index (χ2n) is 4.98. The van der Waals surface area contributed by atoms with Gasteiger partial charge in [0.15, 0.2) is 0 Å². The van der Waals surface area contributed by atoms with Gasteiger partial charge in [-0.05, 0) is 30.5 Å². The van der Waals surface area contributed by atoms with Crippen molar-refractivity contribution in [1.82, 2.24) is 4.98 Å². The van der Waals surface area contributed by atoms with Gasteiger partial charge in [0, 0.05) is 12.7 Å². The number of nitrogens with zero attached hydrogens (tertiary/aromatic N) is 1. The Morgan fingerprint density at radius 3 is 2.56 bits per heavy atom. The molecule has 0 bridgehead atoms. The van der Waals surface area contributed by atoms with E-state index >= 15 is 0 Å². The van der Waals surface area contributed by atoms with Crippen LogP contribution in [-0.2, 0) is 6.18 Å². The normalized spacial score (nSPS) is 12.6. The Labute approximate surface area is 105 Å². The number of rotatable bonds is 5. The topological polar surface area (TPSA) is 50.9 Å². The fourth-order valence-electron chi connectivity index (χ4n) is 1.51. The Balaban J connectivity index is 2.69. The molecule has 3 nitrogen and oxygen atoms in total. The summed E-state index contributed by atoms with van der Waals surface area (Å²) in [7, 11) is 0. The summed E-state index contributed by atoms with van der Waals surface area (Å²) in [6.07, 6.45) is -2.40. The maximum Gasteiger partial charge on any atom is 0.416 e. The van der Waals surface area contributed by atoms with Gasteiger partial charge in [0.1, 0.15) is 5.82 Å². The molecule has 3 N–H and O–H groups in total. The van der Waals surface area contributed by atoms with Gasteiger partial charge in [-0.15, -0.1) is 0 Å². The molecule has 18 heavy (non-hydrogen) atoms. The molecule has 0 saturated heterocycles. The first-order chi connectivity index (χ1) is 8.24. The fourth-order valence-corrected chi connectivity index (χ4v) is 1.51. The minimum Gasteiger partial charge on any atom is -0.370 e. The molecule has 1 aromatic heterocycles. The predicted molar refractivity (Wildman–Crippen MR) is 65.2 cm³/mol. The van der Waals surface area contributed by atoms with Gasteiger partial charge >= 0.3 is 6.18 Å². The average molecular weight is 261 g/mol. The summed E-state index contributed by atoms with van der Waals surface area (Å²) in [4.78, 5) is 3.87. The van der Waals surface area contributed by atoms with Crippen LogP contribution in [0.5, 0.6) is 0 Å². The minimum atomic E-state index is -4.34. The maximum absolute atomic E-state index is 12.5. The zero-order valence-electron chi connectivity index (χ0n) is 10.5. The summed E-state index contributed by atoms with van der Waals surface area (Å²) in [5, 5.41) is 2.92. The summed E-state index contributed by atoms with van der Waals surface area (Å²) >= 11 is 0. The molecule has 0 saturated carbocycles. The monoisotopic (exact) mass is 261 g/mol. The molecule has 0 radical (unpaired) electrons. The van der Waals surface area contributed by atoms with Gasteiger partial charge in [-0.25, -0.2) is 4.98 Å². The molecule has 0 aliphatic heterocycles. The molecule has 0 aromatic carbocycles. The van der Waals surface area contributed by atoms with Gasteiger partial charge in [0.05, 0.1) is 5.56 Å². The second-order valence-corrected chi connectivity index (χ2v) is 4.98.